The highest BCUT2D eigenvalue weighted by Gasteiger charge is 2.69. The largest absolute Gasteiger partial charge is 0.519 e. The van der Waals surface area contributed by atoms with Gasteiger partial charge in [-0.3, -0.25) is 4.79 Å². The Bertz CT molecular complexity index is 1560. The standard InChI is InChI=1S/C44H66O4Si/c1-28-20-25-44(38(46)48-49(12,13)39(3,4)5)27-26-42(9)33(36(44)29(28)2)18-19-35-41(8)23-21-32(30-14-16-31(17-15-30)37(45)47-11)40(6,7)34(41)22-24-43(35,42)10/h14-18,21,28-29,34-36H,19-20,22-27H2,1-13H3. The third-order valence-electron chi connectivity index (χ3n) is 16.7. The average molecular weight is 687 g/mol. The number of fused-ring (bicyclic) bond motifs is 7. The highest BCUT2D eigenvalue weighted by molar-refractivity contribution is 6.75. The highest BCUT2D eigenvalue weighted by Crippen LogP contribution is 2.76. The lowest BCUT2D eigenvalue weighted by Gasteiger charge is -2.71. The van der Waals surface area contributed by atoms with Crippen LogP contribution in [-0.2, 0) is 14.0 Å². The molecule has 49 heavy (non-hydrogen) atoms. The van der Waals surface area contributed by atoms with Gasteiger partial charge in [-0.2, -0.15) is 0 Å². The van der Waals surface area contributed by atoms with E-state index in [0.717, 1.165) is 38.5 Å². The first kappa shape index (κ1) is 36.6. The van der Waals surface area contributed by atoms with E-state index in [1.54, 1.807) is 5.57 Å². The molecule has 0 N–H and O–H groups in total. The third-order valence-corrected chi connectivity index (χ3v) is 21.1. The quantitative estimate of drug-likeness (QED) is 0.180. The minimum atomic E-state index is -2.26. The minimum absolute atomic E-state index is 0.000958. The van der Waals surface area contributed by atoms with Crippen molar-refractivity contribution in [3.63, 3.8) is 0 Å². The van der Waals surface area contributed by atoms with Crippen LogP contribution in [0.15, 0.2) is 42.0 Å². The molecule has 0 bridgehead atoms. The van der Waals surface area contributed by atoms with Gasteiger partial charge in [0.2, 0.25) is 0 Å². The van der Waals surface area contributed by atoms with Crippen molar-refractivity contribution in [2.75, 3.05) is 7.11 Å². The summed E-state index contributed by atoms with van der Waals surface area (Å²) in [6.45, 7) is 28.9. The van der Waals surface area contributed by atoms with Gasteiger partial charge >= 0.3 is 5.97 Å². The van der Waals surface area contributed by atoms with Gasteiger partial charge in [0.25, 0.3) is 14.3 Å². The molecule has 270 valence electrons. The number of esters is 1. The molecular formula is C44H66O4Si. The molecule has 5 aliphatic rings. The molecule has 0 aromatic heterocycles. The molecule has 0 amide bonds. The molecule has 3 saturated carbocycles. The predicted molar refractivity (Wildman–Crippen MR) is 203 cm³/mol. The van der Waals surface area contributed by atoms with E-state index < -0.39 is 13.7 Å². The number of hydrogen-bond donors (Lipinski definition) is 0. The fourth-order valence-electron chi connectivity index (χ4n) is 12.3. The second-order valence-corrected chi connectivity index (χ2v) is 24.8. The maximum Gasteiger partial charge on any atom is 0.337 e. The zero-order chi connectivity index (χ0) is 36.2. The predicted octanol–water partition coefficient (Wildman–Crippen LogP) is 11.7. The van der Waals surface area contributed by atoms with Gasteiger partial charge in [-0.05, 0) is 144 Å². The van der Waals surface area contributed by atoms with Gasteiger partial charge in [-0.25, -0.2) is 4.79 Å². The van der Waals surface area contributed by atoms with Crippen LogP contribution < -0.4 is 0 Å². The van der Waals surface area contributed by atoms with Crippen molar-refractivity contribution in [3.05, 3.63) is 53.1 Å². The highest BCUT2D eigenvalue weighted by atomic mass is 28.4. The topological polar surface area (TPSA) is 52.6 Å². The van der Waals surface area contributed by atoms with E-state index in [0.29, 0.717) is 29.2 Å². The normalized spacial score (nSPS) is 40.0. The SMILES string of the molecule is COC(=O)c1ccc(C2=CCC3(C)C(CCC4(C)C3CC=C3C5C(C)C(C)CCC5(C(=O)O[Si](C)(C)C(C)(C)C)CCC34C)C2(C)C)cc1. The average Bonchev–Trinajstić information content (AvgIpc) is 3.02. The number of methoxy groups -OCH3 is 1. The van der Waals surface area contributed by atoms with Crippen LogP contribution in [0.3, 0.4) is 0 Å². The van der Waals surface area contributed by atoms with Gasteiger partial charge in [-0.15, -0.1) is 0 Å². The van der Waals surface area contributed by atoms with Gasteiger partial charge in [-0.1, -0.05) is 99.1 Å². The maximum atomic E-state index is 14.7. The van der Waals surface area contributed by atoms with Gasteiger partial charge in [0, 0.05) is 0 Å². The van der Waals surface area contributed by atoms with E-state index in [1.807, 2.05) is 12.1 Å². The Hall–Kier alpha value is -2.14. The molecule has 0 aliphatic heterocycles. The molecule has 5 heteroatoms. The Kier molecular flexibility index (Phi) is 8.74. The van der Waals surface area contributed by atoms with Crippen LogP contribution in [-0.4, -0.2) is 27.4 Å². The van der Waals surface area contributed by atoms with Crippen LogP contribution in [0.1, 0.15) is 137 Å². The van der Waals surface area contributed by atoms with E-state index in [1.165, 1.54) is 31.1 Å². The molecule has 1 aromatic carbocycles. The molecular weight excluding hydrogens is 621 g/mol. The number of carbonyl (C=O) groups is 2. The Morgan fingerprint density at radius 3 is 2.12 bits per heavy atom. The van der Waals surface area contributed by atoms with E-state index in [9.17, 15) is 9.59 Å². The fraction of sp³-hybridized carbons (Fsp3) is 0.727. The second-order valence-electron chi connectivity index (χ2n) is 20.1. The van der Waals surface area contributed by atoms with Crippen molar-refractivity contribution in [1.82, 2.24) is 0 Å². The molecule has 0 radical (unpaired) electrons. The van der Waals surface area contributed by atoms with Crippen molar-refractivity contribution in [2.45, 2.75) is 139 Å². The molecule has 1 aromatic rings. The summed E-state index contributed by atoms with van der Waals surface area (Å²) < 4.78 is 11.7. The van der Waals surface area contributed by atoms with E-state index in [-0.39, 0.29) is 44.6 Å². The third kappa shape index (κ3) is 5.15. The van der Waals surface area contributed by atoms with Crippen molar-refractivity contribution in [2.24, 2.45) is 56.7 Å². The van der Waals surface area contributed by atoms with Crippen molar-refractivity contribution >= 4 is 25.8 Å². The Morgan fingerprint density at radius 2 is 1.51 bits per heavy atom. The van der Waals surface area contributed by atoms with Gasteiger partial charge < -0.3 is 9.16 Å². The van der Waals surface area contributed by atoms with Gasteiger partial charge in [0.1, 0.15) is 0 Å². The number of rotatable bonds is 4. The van der Waals surface area contributed by atoms with Crippen LogP contribution in [0.5, 0.6) is 0 Å². The lowest BCUT2D eigenvalue weighted by molar-refractivity contribution is -0.178. The number of allylic oxidation sites excluding steroid dienone is 4. The molecule has 0 heterocycles. The number of carbonyl (C=O) groups excluding carboxylic acids is 2. The zero-order valence-electron chi connectivity index (χ0n) is 33.1. The number of ether oxygens (including phenoxy) is 1. The van der Waals surface area contributed by atoms with Crippen LogP contribution in [0.25, 0.3) is 5.57 Å². The first-order valence-electron chi connectivity index (χ1n) is 19.4. The second kappa shape index (κ2) is 11.7. The summed E-state index contributed by atoms with van der Waals surface area (Å²) in [6.07, 6.45) is 14.0. The summed E-state index contributed by atoms with van der Waals surface area (Å²) in [5, 5.41) is -0.000958. The maximum absolute atomic E-state index is 14.7. The number of benzene rings is 1. The van der Waals surface area contributed by atoms with Crippen LogP contribution >= 0.6 is 0 Å². The summed E-state index contributed by atoms with van der Waals surface area (Å²) in [6, 6.07) is 8.05. The van der Waals surface area contributed by atoms with Gasteiger partial charge in [0.15, 0.2) is 0 Å². The molecule has 5 aliphatic carbocycles. The van der Waals surface area contributed by atoms with E-state index >= 15 is 0 Å². The van der Waals surface area contributed by atoms with Crippen molar-refractivity contribution in [3.8, 4) is 0 Å². The summed E-state index contributed by atoms with van der Waals surface area (Å²) in [5.41, 5.74) is 4.88. The Morgan fingerprint density at radius 1 is 0.857 bits per heavy atom. The minimum Gasteiger partial charge on any atom is -0.519 e. The summed E-state index contributed by atoms with van der Waals surface area (Å²) in [4.78, 5) is 26.8. The molecule has 9 unspecified atom stereocenters. The summed E-state index contributed by atoms with van der Waals surface area (Å²) >= 11 is 0. The molecule has 4 nitrogen and oxygen atoms in total. The smallest absolute Gasteiger partial charge is 0.337 e. The van der Waals surface area contributed by atoms with Crippen LogP contribution in [0.2, 0.25) is 18.1 Å². The number of hydrogen-bond acceptors (Lipinski definition) is 4. The zero-order valence-corrected chi connectivity index (χ0v) is 34.1. The monoisotopic (exact) mass is 686 g/mol. The molecule has 6 rings (SSSR count). The fourth-order valence-corrected chi connectivity index (χ4v) is 13.3. The van der Waals surface area contributed by atoms with Crippen LogP contribution in [0.4, 0.5) is 0 Å². The van der Waals surface area contributed by atoms with Crippen LogP contribution in [0, 0.1) is 56.7 Å². The Balaban J connectivity index is 1.38. The molecule has 0 saturated heterocycles. The first-order valence-corrected chi connectivity index (χ1v) is 22.3. The van der Waals surface area contributed by atoms with Crippen molar-refractivity contribution < 1.29 is 18.8 Å². The Labute approximate surface area is 299 Å². The van der Waals surface area contributed by atoms with Crippen molar-refractivity contribution in [1.29, 1.82) is 0 Å². The van der Waals surface area contributed by atoms with E-state index in [4.69, 9.17) is 9.16 Å². The van der Waals surface area contributed by atoms with Gasteiger partial charge in [0.05, 0.1) is 18.1 Å². The lowest BCUT2D eigenvalue weighted by Crippen LogP contribution is -2.64. The first-order chi connectivity index (χ1) is 22.6. The van der Waals surface area contributed by atoms with E-state index in [2.05, 4.69) is 107 Å². The summed E-state index contributed by atoms with van der Waals surface area (Å²) in [7, 11) is -0.817. The molecule has 9 atom stereocenters. The summed E-state index contributed by atoms with van der Waals surface area (Å²) in [5.74, 6) is 2.30. The molecule has 3 fully saturated rings. The lowest BCUT2D eigenvalue weighted by atomic mass is 9.33. The molecule has 0 spiro atoms.